The summed E-state index contributed by atoms with van der Waals surface area (Å²) in [6.45, 7) is 3.69. The molecule has 0 spiro atoms. The van der Waals surface area contributed by atoms with Gasteiger partial charge in [-0.05, 0) is 38.0 Å². The standard InChI is InChI=1S/C23H27FN4O3S/c1-3-25-21(31)23(13-7-4-8-14-23)27-20(30)12-11-17-15-32-22(26-17)28(16(2)29)19-10-6-5-9-18(19)24/h5-6,9-12,15H,3-4,7-8,13-14H2,1-2H3,(H,25,31)(H,27,30)/b12-11+. The van der Waals surface area contributed by atoms with Crippen LogP contribution >= 0.6 is 11.3 Å². The molecule has 0 unspecified atom stereocenters. The van der Waals surface area contributed by atoms with Crippen LogP contribution in [0.25, 0.3) is 6.08 Å². The maximum atomic E-state index is 14.2. The number of aromatic nitrogens is 1. The van der Waals surface area contributed by atoms with Gasteiger partial charge in [0.25, 0.3) is 0 Å². The smallest absolute Gasteiger partial charge is 0.245 e. The largest absolute Gasteiger partial charge is 0.354 e. The van der Waals surface area contributed by atoms with Gasteiger partial charge in [-0.3, -0.25) is 19.3 Å². The molecule has 0 atom stereocenters. The highest BCUT2D eigenvalue weighted by Crippen LogP contribution is 2.31. The number of anilines is 2. The van der Waals surface area contributed by atoms with Gasteiger partial charge in [0.1, 0.15) is 11.4 Å². The van der Waals surface area contributed by atoms with E-state index in [0.29, 0.717) is 30.2 Å². The molecule has 0 bridgehead atoms. The van der Waals surface area contributed by atoms with Crippen molar-refractivity contribution in [2.75, 3.05) is 11.4 Å². The zero-order valence-electron chi connectivity index (χ0n) is 18.2. The van der Waals surface area contributed by atoms with Crippen LogP contribution in [0.2, 0.25) is 0 Å². The second kappa shape index (κ2) is 10.5. The number of hydrogen-bond donors (Lipinski definition) is 2. The minimum atomic E-state index is -0.890. The molecule has 2 N–H and O–H groups in total. The molecule has 3 rings (SSSR count). The number of para-hydroxylation sites is 1. The number of thiazole rings is 1. The summed E-state index contributed by atoms with van der Waals surface area (Å²) in [5.74, 6) is -1.44. The minimum absolute atomic E-state index is 0.115. The molecule has 1 fully saturated rings. The van der Waals surface area contributed by atoms with Crippen LogP contribution in [0.15, 0.2) is 35.7 Å². The van der Waals surface area contributed by atoms with E-state index < -0.39 is 11.4 Å². The van der Waals surface area contributed by atoms with Gasteiger partial charge in [-0.2, -0.15) is 0 Å². The lowest BCUT2D eigenvalue weighted by atomic mass is 9.80. The number of halogens is 1. The normalized spacial score (nSPS) is 15.3. The molecule has 3 amide bonds. The van der Waals surface area contributed by atoms with Crippen molar-refractivity contribution in [3.8, 4) is 0 Å². The lowest BCUT2D eigenvalue weighted by Gasteiger charge is -2.36. The molecule has 9 heteroatoms. The van der Waals surface area contributed by atoms with E-state index in [0.717, 1.165) is 19.3 Å². The monoisotopic (exact) mass is 458 g/mol. The highest BCUT2D eigenvalue weighted by molar-refractivity contribution is 7.14. The van der Waals surface area contributed by atoms with E-state index in [1.807, 2.05) is 6.92 Å². The topological polar surface area (TPSA) is 91.4 Å². The second-order valence-corrected chi connectivity index (χ2v) is 8.52. The molecular formula is C23H27FN4O3S. The van der Waals surface area contributed by atoms with E-state index >= 15 is 0 Å². The molecule has 7 nitrogen and oxygen atoms in total. The summed E-state index contributed by atoms with van der Waals surface area (Å²) in [5, 5.41) is 7.69. The number of likely N-dealkylation sites (N-methyl/N-ethyl adjacent to an activating group) is 1. The van der Waals surface area contributed by atoms with Crippen LogP contribution in [0, 0.1) is 5.82 Å². The molecule has 1 aliphatic rings. The highest BCUT2D eigenvalue weighted by Gasteiger charge is 2.40. The SMILES string of the molecule is CCNC(=O)C1(NC(=O)/C=C/c2csc(N(C(C)=O)c3ccccc3F)n2)CCCCC1. The summed E-state index contributed by atoms with van der Waals surface area (Å²) < 4.78 is 14.2. The van der Waals surface area contributed by atoms with Gasteiger partial charge in [-0.25, -0.2) is 9.37 Å². The van der Waals surface area contributed by atoms with Crippen molar-refractivity contribution in [3.05, 3.63) is 47.2 Å². The second-order valence-electron chi connectivity index (χ2n) is 7.69. The Kier molecular flexibility index (Phi) is 7.74. The van der Waals surface area contributed by atoms with E-state index in [1.165, 1.54) is 47.4 Å². The number of hydrogen-bond acceptors (Lipinski definition) is 5. The average Bonchev–Trinajstić information content (AvgIpc) is 3.23. The Morgan fingerprint density at radius 2 is 1.94 bits per heavy atom. The fraction of sp³-hybridized carbons (Fsp3) is 0.391. The summed E-state index contributed by atoms with van der Waals surface area (Å²) in [6.07, 6.45) is 6.87. The van der Waals surface area contributed by atoms with Gasteiger partial charge in [-0.1, -0.05) is 31.4 Å². The fourth-order valence-corrected chi connectivity index (χ4v) is 4.68. The Labute approximate surface area is 190 Å². The van der Waals surface area contributed by atoms with Crippen LogP contribution in [0.5, 0.6) is 0 Å². The molecule has 170 valence electrons. The Morgan fingerprint density at radius 1 is 1.22 bits per heavy atom. The minimum Gasteiger partial charge on any atom is -0.354 e. The summed E-state index contributed by atoms with van der Waals surface area (Å²) in [6, 6.07) is 5.97. The molecule has 0 radical (unpaired) electrons. The maximum Gasteiger partial charge on any atom is 0.245 e. The number of nitrogens with zero attached hydrogens (tertiary/aromatic N) is 2. The van der Waals surface area contributed by atoms with E-state index in [4.69, 9.17) is 0 Å². The summed E-state index contributed by atoms with van der Waals surface area (Å²) in [4.78, 5) is 42.9. The molecule has 1 aliphatic carbocycles. The van der Waals surface area contributed by atoms with Crippen LogP contribution in [0.1, 0.15) is 51.6 Å². The van der Waals surface area contributed by atoms with Crippen LogP contribution in [-0.2, 0) is 14.4 Å². The van der Waals surface area contributed by atoms with Crippen molar-refractivity contribution in [3.63, 3.8) is 0 Å². The quantitative estimate of drug-likeness (QED) is 0.615. The first-order chi connectivity index (χ1) is 15.4. The van der Waals surface area contributed by atoms with Gasteiger partial charge in [0.05, 0.1) is 11.4 Å². The van der Waals surface area contributed by atoms with Gasteiger partial charge in [0, 0.05) is 24.9 Å². The number of amides is 3. The van der Waals surface area contributed by atoms with E-state index in [-0.39, 0.29) is 23.4 Å². The number of carbonyl (C=O) groups excluding carboxylic acids is 3. The van der Waals surface area contributed by atoms with Gasteiger partial charge in [-0.15, -0.1) is 11.3 Å². The molecule has 1 saturated carbocycles. The van der Waals surface area contributed by atoms with Gasteiger partial charge >= 0.3 is 0 Å². The zero-order valence-corrected chi connectivity index (χ0v) is 19.0. The first-order valence-corrected chi connectivity index (χ1v) is 11.5. The first-order valence-electron chi connectivity index (χ1n) is 10.7. The predicted molar refractivity (Wildman–Crippen MR) is 123 cm³/mol. The number of nitrogens with one attached hydrogen (secondary N) is 2. The maximum absolute atomic E-state index is 14.2. The van der Waals surface area contributed by atoms with Gasteiger partial charge < -0.3 is 10.6 Å². The van der Waals surface area contributed by atoms with Crippen molar-refractivity contribution in [2.24, 2.45) is 0 Å². The predicted octanol–water partition coefficient (Wildman–Crippen LogP) is 3.94. The van der Waals surface area contributed by atoms with Gasteiger partial charge in [0.15, 0.2) is 5.13 Å². The number of rotatable bonds is 7. The third-order valence-electron chi connectivity index (χ3n) is 5.36. The molecule has 1 heterocycles. The third-order valence-corrected chi connectivity index (χ3v) is 6.20. The Bertz CT molecular complexity index is 1010. The molecule has 1 aromatic heterocycles. The number of benzene rings is 1. The summed E-state index contributed by atoms with van der Waals surface area (Å²) in [7, 11) is 0. The van der Waals surface area contributed by atoms with Crippen molar-refractivity contribution >= 4 is 46.0 Å². The van der Waals surface area contributed by atoms with Crippen molar-refractivity contribution in [1.29, 1.82) is 0 Å². The van der Waals surface area contributed by atoms with Crippen LogP contribution in [0.4, 0.5) is 15.2 Å². The lowest BCUT2D eigenvalue weighted by molar-refractivity contribution is -0.133. The highest BCUT2D eigenvalue weighted by atomic mass is 32.1. The summed E-state index contributed by atoms with van der Waals surface area (Å²) >= 11 is 1.17. The lowest BCUT2D eigenvalue weighted by Crippen LogP contribution is -2.59. The molecule has 0 saturated heterocycles. The van der Waals surface area contributed by atoms with E-state index in [2.05, 4.69) is 15.6 Å². The third kappa shape index (κ3) is 5.40. The van der Waals surface area contributed by atoms with Crippen molar-refractivity contribution in [2.45, 2.75) is 51.5 Å². The molecular weight excluding hydrogens is 431 g/mol. The molecule has 0 aliphatic heterocycles. The van der Waals surface area contributed by atoms with Gasteiger partial charge in [0.2, 0.25) is 17.7 Å². The zero-order chi connectivity index (χ0) is 23.1. The van der Waals surface area contributed by atoms with E-state index in [1.54, 1.807) is 17.5 Å². The molecule has 2 aromatic rings. The summed E-state index contributed by atoms with van der Waals surface area (Å²) in [5.41, 5.74) is -0.318. The molecule has 32 heavy (non-hydrogen) atoms. The van der Waals surface area contributed by atoms with Crippen molar-refractivity contribution in [1.82, 2.24) is 15.6 Å². The number of carbonyl (C=O) groups is 3. The van der Waals surface area contributed by atoms with Crippen molar-refractivity contribution < 1.29 is 18.8 Å². The Hall–Kier alpha value is -3.07. The van der Waals surface area contributed by atoms with E-state index in [9.17, 15) is 18.8 Å². The van der Waals surface area contributed by atoms with Crippen LogP contribution in [-0.4, -0.2) is 34.8 Å². The van der Waals surface area contributed by atoms with Crippen LogP contribution < -0.4 is 15.5 Å². The van der Waals surface area contributed by atoms with Crippen LogP contribution in [0.3, 0.4) is 0 Å². The molecule has 1 aromatic carbocycles. The average molecular weight is 459 g/mol. The fourth-order valence-electron chi connectivity index (χ4n) is 3.83. The Balaban J connectivity index is 1.74. The Morgan fingerprint density at radius 3 is 2.59 bits per heavy atom. The first kappa shape index (κ1) is 23.6.